The van der Waals surface area contributed by atoms with Crippen LogP contribution in [-0.4, -0.2) is 17.5 Å². The Morgan fingerprint density at radius 3 is 3.14 bits per heavy atom. The minimum absolute atomic E-state index is 0.105. The molecule has 78 valence electrons. The lowest BCUT2D eigenvalue weighted by Gasteiger charge is -1.99. The van der Waals surface area contributed by atoms with Crippen molar-refractivity contribution >= 4 is 22.4 Å². The van der Waals surface area contributed by atoms with Crippen LogP contribution in [0.1, 0.15) is 25.5 Å². The summed E-state index contributed by atoms with van der Waals surface area (Å²) in [6.07, 6.45) is 2.12. The molecule has 0 aliphatic carbocycles. The first-order chi connectivity index (χ1) is 6.72. The van der Waals surface area contributed by atoms with E-state index in [-0.39, 0.29) is 6.42 Å². The van der Waals surface area contributed by atoms with Gasteiger partial charge >= 0.3 is 0 Å². The van der Waals surface area contributed by atoms with Gasteiger partial charge in [0.15, 0.2) is 5.13 Å². The van der Waals surface area contributed by atoms with Crippen LogP contribution in [0.15, 0.2) is 5.38 Å². The van der Waals surface area contributed by atoms with Crippen molar-refractivity contribution in [1.82, 2.24) is 4.98 Å². The molecule has 0 saturated carbocycles. The minimum Gasteiger partial charge on any atom is -0.550 e. The van der Waals surface area contributed by atoms with Gasteiger partial charge < -0.3 is 15.2 Å². The summed E-state index contributed by atoms with van der Waals surface area (Å²) in [6, 6.07) is 0. The van der Waals surface area contributed by atoms with Gasteiger partial charge in [-0.3, -0.25) is 0 Å². The van der Waals surface area contributed by atoms with Crippen molar-refractivity contribution in [2.75, 3.05) is 11.9 Å². The molecule has 5 heteroatoms. The molecule has 0 unspecified atom stereocenters. The Morgan fingerprint density at radius 2 is 2.50 bits per heavy atom. The van der Waals surface area contributed by atoms with Crippen LogP contribution in [0.5, 0.6) is 0 Å². The molecule has 0 radical (unpaired) electrons. The highest BCUT2D eigenvalue weighted by Crippen LogP contribution is 2.15. The molecule has 0 aliphatic rings. The summed E-state index contributed by atoms with van der Waals surface area (Å²) in [5, 5.41) is 15.9. The quantitative estimate of drug-likeness (QED) is 0.704. The number of carbonyl (C=O) groups is 1. The lowest BCUT2D eigenvalue weighted by Crippen LogP contribution is -2.24. The van der Waals surface area contributed by atoms with Crippen LogP contribution in [-0.2, 0) is 11.2 Å². The van der Waals surface area contributed by atoms with E-state index in [0.717, 1.165) is 24.5 Å². The van der Waals surface area contributed by atoms with Crippen molar-refractivity contribution in [2.24, 2.45) is 0 Å². The molecular weight excluding hydrogens is 200 g/mol. The van der Waals surface area contributed by atoms with Gasteiger partial charge in [0.05, 0.1) is 5.69 Å². The maximum atomic E-state index is 10.3. The van der Waals surface area contributed by atoms with Crippen LogP contribution in [0.2, 0.25) is 0 Å². The number of hydrogen-bond acceptors (Lipinski definition) is 5. The first-order valence-electron chi connectivity index (χ1n) is 4.60. The van der Waals surface area contributed by atoms with Crippen molar-refractivity contribution in [1.29, 1.82) is 0 Å². The number of nitrogens with one attached hydrogen (secondary N) is 1. The van der Waals surface area contributed by atoms with E-state index in [2.05, 4.69) is 17.2 Å². The summed E-state index contributed by atoms with van der Waals surface area (Å²) in [7, 11) is 0. The molecule has 1 aromatic rings. The number of nitrogens with zero attached hydrogens (tertiary/aromatic N) is 1. The third kappa shape index (κ3) is 3.74. The smallest absolute Gasteiger partial charge is 0.182 e. The first kappa shape index (κ1) is 11.0. The highest BCUT2D eigenvalue weighted by atomic mass is 32.1. The fourth-order valence-corrected chi connectivity index (χ4v) is 1.73. The van der Waals surface area contributed by atoms with Crippen molar-refractivity contribution < 1.29 is 9.90 Å². The van der Waals surface area contributed by atoms with Gasteiger partial charge in [0.1, 0.15) is 0 Å². The van der Waals surface area contributed by atoms with E-state index in [9.17, 15) is 9.90 Å². The van der Waals surface area contributed by atoms with Crippen LogP contribution >= 0.6 is 11.3 Å². The Hall–Kier alpha value is -1.10. The highest BCUT2D eigenvalue weighted by molar-refractivity contribution is 7.13. The number of carboxylic acid groups (broad SMARTS) is 1. The summed E-state index contributed by atoms with van der Waals surface area (Å²) < 4.78 is 0. The predicted molar refractivity (Wildman–Crippen MR) is 54.2 cm³/mol. The monoisotopic (exact) mass is 213 g/mol. The van der Waals surface area contributed by atoms with E-state index >= 15 is 0 Å². The molecule has 1 N–H and O–H groups in total. The summed E-state index contributed by atoms with van der Waals surface area (Å²) in [5.41, 5.74) is 0.564. The van der Waals surface area contributed by atoms with Gasteiger partial charge in [-0.1, -0.05) is 13.3 Å². The third-order valence-electron chi connectivity index (χ3n) is 1.68. The normalized spacial score (nSPS) is 10.1. The molecule has 1 heterocycles. The number of rotatable bonds is 6. The molecule has 0 amide bonds. The molecule has 1 rings (SSSR count). The number of aliphatic carboxylic acids is 1. The molecule has 14 heavy (non-hydrogen) atoms. The second-order valence-corrected chi connectivity index (χ2v) is 3.83. The van der Waals surface area contributed by atoms with E-state index in [1.165, 1.54) is 11.3 Å². The van der Waals surface area contributed by atoms with E-state index in [1.807, 2.05) is 0 Å². The zero-order valence-corrected chi connectivity index (χ0v) is 8.89. The Balaban J connectivity index is 2.38. The zero-order valence-electron chi connectivity index (χ0n) is 8.08. The zero-order chi connectivity index (χ0) is 10.4. The Bertz CT molecular complexity index is 299. The summed E-state index contributed by atoms with van der Waals surface area (Å²) in [6.45, 7) is 3.00. The fourth-order valence-electron chi connectivity index (χ4n) is 0.989. The second kappa shape index (κ2) is 5.59. The molecule has 0 aromatic carbocycles. The largest absolute Gasteiger partial charge is 0.550 e. The lowest BCUT2D eigenvalue weighted by atomic mass is 10.3. The molecule has 0 atom stereocenters. The summed E-state index contributed by atoms with van der Waals surface area (Å²) >= 11 is 1.43. The Kier molecular flexibility index (Phi) is 4.39. The van der Waals surface area contributed by atoms with E-state index in [4.69, 9.17) is 0 Å². The van der Waals surface area contributed by atoms with Crippen LogP contribution in [0, 0.1) is 0 Å². The highest BCUT2D eigenvalue weighted by Gasteiger charge is 2.00. The number of carboxylic acids is 1. The van der Waals surface area contributed by atoms with Crippen LogP contribution in [0.25, 0.3) is 0 Å². The minimum atomic E-state index is -1.09. The summed E-state index contributed by atoms with van der Waals surface area (Å²) in [5.74, 6) is -1.09. The molecule has 0 saturated heterocycles. The molecular formula is C9H13N2O2S-. The number of aromatic nitrogens is 1. The van der Waals surface area contributed by atoms with Gasteiger partial charge in [-0.15, -0.1) is 11.3 Å². The van der Waals surface area contributed by atoms with Crippen molar-refractivity contribution in [3.05, 3.63) is 11.1 Å². The fraction of sp³-hybridized carbons (Fsp3) is 0.556. The molecule has 0 aliphatic heterocycles. The number of hydrogen-bond donors (Lipinski definition) is 1. The van der Waals surface area contributed by atoms with Gasteiger partial charge in [-0.05, 0) is 6.42 Å². The van der Waals surface area contributed by atoms with Crippen LogP contribution < -0.4 is 10.4 Å². The van der Waals surface area contributed by atoms with E-state index in [1.54, 1.807) is 5.38 Å². The van der Waals surface area contributed by atoms with Gasteiger partial charge in [0.2, 0.25) is 0 Å². The molecule has 1 aromatic heterocycles. The first-order valence-corrected chi connectivity index (χ1v) is 5.48. The van der Waals surface area contributed by atoms with Crippen LogP contribution in [0.4, 0.5) is 5.13 Å². The maximum Gasteiger partial charge on any atom is 0.182 e. The standard InChI is InChI=1S/C9H14N2O2S/c1-2-3-4-10-9-11-7(6-14-9)5-8(12)13/h6H,2-5H2,1H3,(H,10,11)(H,12,13)/p-1. The third-order valence-corrected chi connectivity index (χ3v) is 2.53. The number of unbranched alkanes of at least 4 members (excludes halogenated alkanes) is 1. The van der Waals surface area contributed by atoms with Crippen LogP contribution in [0.3, 0.4) is 0 Å². The van der Waals surface area contributed by atoms with E-state index in [0.29, 0.717) is 5.69 Å². The molecule has 0 fully saturated rings. The lowest BCUT2D eigenvalue weighted by molar-refractivity contribution is -0.304. The predicted octanol–water partition coefficient (Wildman–Crippen LogP) is 0.647. The van der Waals surface area contributed by atoms with Crippen molar-refractivity contribution in [3.8, 4) is 0 Å². The number of thiazole rings is 1. The molecule has 0 bridgehead atoms. The second-order valence-electron chi connectivity index (χ2n) is 2.97. The SMILES string of the molecule is CCCCNc1nc(CC(=O)[O-])cs1. The van der Waals surface area contributed by atoms with E-state index < -0.39 is 5.97 Å². The maximum absolute atomic E-state index is 10.3. The number of carbonyl (C=O) groups excluding carboxylic acids is 1. The average molecular weight is 213 g/mol. The topological polar surface area (TPSA) is 65.0 Å². The number of anilines is 1. The van der Waals surface area contributed by atoms with Gasteiger partial charge in [0.25, 0.3) is 0 Å². The van der Waals surface area contributed by atoms with Gasteiger partial charge in [-0.2, -0.15) is 0 Å². The Morgan fingerprint density at radius 1 is 1.71 bits per heavy atom. The van der Waals surface area contributed by atoms with Crippen molar-refractivity contribution in [3.63, 3.8) is 0 Å². The summed E-state index contributed by atoms with van der Waals surface area (Å²) in [4.78, 5) is 14.4. The Labute approximate surface area is 87.0 Å². The van der Waals surface area contributed by atoms with Gasteiger partial charge in [-0.25, -0.2) is 4.98 Å². The van der Waals surface area contributed by atoms with Gasteiger partial charge in [0, 0.05) is 24.3 Å². The average Bonchev–Trinajstić information content (AvgIpc) is 2.52. The molecule has 4 nitrogen and oxygen atoms in total. The molecule has 0 spiro atoms. The van der Waals surface area contributed by atoms with Crippen molar-refractivity contribution in [2.45, 2.75) is 26.2 Å².